The lowest BCUT2D eigenvalue weighted by molar-refractivity contribution is 1.26. The molecule has 0 spiro atoms. The van der Waals surface area contributed by atoms with Crippen molar-refractivity contribution < 1.29 is 0 Å². The molecule has 3 N–H and O–H groups in total. The number of nitrogens with two attached hydrogens (primary N) is 1. The fraction of sp³-hybridized carbons (Fsp3) is 0.143. The van der Waals surface area contributed by atoms with Crippen molar-refractivity contribution in [3.63, 3.8) is 0 Å². The minimum Gasteiger partial charge on any atom is -0.389 e. The van der Waals surface area contributed by atoms with Crippen LogP contribution in [0.1, 0.15) is 16.7 Å². The van der Waals surface area contributed by atoms with E-state index in [9.17, 15) is 0 Å². The lowest BCUT2D eigenvalue weighted by Crippen LogP contribution is -2.10. The predicted molar refractivity (Wildman–Crippen MR) is 82.4 cm³/mol. The van der Waals surface area contributed by atoms with Crippen LogP contribution in [0.5, 0.6) is 0 Å². The highest BCUT2D eigenvalue weighted by Gasteiger charge is 2.05. The summed E-state index contributed by atoms with van der Waals surface area (Å²) in [6, 6.07) is 10.2. The molecule has 2 nitrogen and oxygen atoms in total. The number of aryl methyl sites for hydroxylation is 2. The minimum absolute atomic E-state index is 0.323. The van der Waals surface area contributed by atoms with E-state index in [-0.39, 0.29) is 0 Å². The number of H-pyrrole nitrogens is 1. The molecule has 0 aliphatic rings. The molecule has 4 heteroatoms. The molecule has 0 radical (unpaired) electrons. The van der Waals surface area contributed by atoms with Crippen molar-refractivity contribution in [3.8, 4) is 11.3 Å². The van der Waals surface area contributed by atoms with Crippen LogP contribution < -0.4 is 5.73 Å². The molecule has 92 valence electrons. The summed E-state index contributed by atoms with van der Waals surface area (Å²) >= 11 is 10.2. The molecule has 0 bridgehead atoms. The van der Waals surface area contributed by atoms with Crippen molar-refractivity contribution in [3.05, 3.63) is 51.7 Å². The maximum atomic E-state index is 5.60. The van der Waals surface area contributed by atoms with E-state index in [1.54, 1.807) is 0 Å². The van der Waals surface area contributed by atoms with Crippen LogP contribution in [0.2, 0.25) is 0 Å². The quantitative estimate of drug-likeness (QED) is 0.821. The SMILES string of the molecule is Cc1ccc(-c2ccc(C(N)=S)c(=S)[nH]2)c(C)c1. The third-order valence-corrected chi connectivity index (χ3v) is 3.39. The summed E-state index contributed by atoms with van der Waals surface area (Å²) in [7, 11) is 0. The fourth-order valence-corrected chi connectivity index (χ4v) is 2.46. The van der Waals surface area contributed by atoms with Crippen LogP contribution in [0.4, 0.5) is 0 Å². The van der Waals surface area contributed by atoms with Gasteiger partial charge in [0.2, 0.25) is 0 Å². The summed E-state index contributed by atoms with van der Waals surface area (Å²) in [5.41, 5.74) is 10.9. The van der Waals surface area contributed by atoms with Crippen molar-refractivity contribution in [2.24, 2.45) is 5.73 Å². The Labute approximate surface area is 117 Å². The Morgan fingerprint density at radius 3 is 2.44 bits per heavy atom. The second kappa shape index (κ2) is 5.00. The Balaban J connectivity index is 2.56. The van der Waals surface area contributed by atoms with E-state index < -0.39 is 0 Å². The van der Waals surface area contributed by atoms with Gasteiger partial charge in [-0.05, 0) is 31.5 Å². The molecule has 0 saturated carbocycles. The van der Waals surface area contributed by atoms with E-state index in [1.165, 1.54) is 11.1 Å². The normalized spacial score (nSPS) is 10.3. The van der Waals surface area contributed by atoms with Gasteiger partial charge >= 0.3 is 0 Å². The molecule has 18 heavy (non-hydrogen) atoms. The fourth-order valence-electron chi connectivity index (χ4n) is 1.94. The van der Waals surface area contributed by atoms with E-state index in [4.69, 9.17) is 30.2 Å². The Kier molecular flexibility index (Phi) is 3.59. The number of hydrogen-bond acceptors (Lipinski definition) is 2. The summed E-state index contributed by atoms with van der Waals surface area (Å²) in [6.07, 6.45) is 0. The minimum atomic E-state index is 0.323. The second-order valence-electron chi connectivity index (χ2n) is 4.30. The Morgan fingerprint density at radius 1 is 1.17 bits per heavy atom. The maximum absolute atomic E-state index is 5.60. The van der Waals surface area contributed by atoms with Gasteiger partial charge in [0.15, 0.2) is 0 Å². The first-order chi connectivity index (χ1) is 8.49. The van der Waals surface area contributed by atoms with Gasteiger partial charge in [-0.25, -0.2) is 0 Å². The number of thiocarbonyl (C=S) groups is 1. The molecule has 1 aromatic carbocycles. The zero-order valence-electron chi connectivity index (χ0n) is 10.3. The first-order valence-corrected chi connectivity index (χ1v) is 6.41. The number of benzene rings is 1. The molecule has 2 aromatic rings. The molecule has 1 aromatic heterocycles. The highest BCUT2D eigenvalue weighted by Crippen LogP contribution is 2.22. The zero-order chi connectivity index (χ0) is 13.3. The smallest absolute Gasteiger partial charge is 0.113 e. The molecular formula is C14H14N2S2. The predicted octanol–water partition coefficient (Wildman–Crippen LogP) is 3.66. The molecular weight excluding hydrogens is 260 g/mol. The van der Waals surface area contributed by atoms with Crippen LogP contribution in [0.15, 0.2) is 30.3 Å². The molecule has 0 fully saturated rings. The number of rotatable bonds is 2. The van der Waals surface area contributed by atoms with Gasteiger partial charge in [-0.2, -0.15) is 0 Å². The molecule has 0 aliphatic carbocycles. The van der Waals surface area contributed by atoms with Gasteiger partial charge < -0.3 is 10.7 Å². The van der Waals surface area contributed by atoms with E-state index in [1.807, 2.05) is 12.1 Å². The van der Waals surface area contributed by atoms with Crippen LogP contribution in [0.3, 0.4) is 0 Å². The van der Waals surface area contributed by atoms with Crippen molar-refractivity contribution in [1.82, 2.24) is 4.98 Å². The van der Waals surface area contributed by atoms with Crippen LogP contribution >= 0.6 is 24.4 Å². The second-order valence-corrected chi connectivity index (χ2v) is 5.15. The van der Waals surface area contributed by atoms with E-state index in [2.05, 4.69) is 37.0 Å². The van der Waals surface area contributed by atoms with Crippen LogP contribution in [-0.4, -0.2) is 9.97 Å². The lowest BCUT2D eigenvalue weighted by atomic mass is 10.0. The number of hydrogen-bond donors (Lipinski definition) is 2. The monoisotopic (exact) mass is 274 g/mol. The largest absolute Gasteiger partial charge is 0.389 e. The summed E-state index contributed by atoms with van der Waals surface area (Å²) < 4.78 is 0.583. The van der Waals surface area contributed by atoms with Crippen LogP contribution in [0, 0.1) is 18.5 Å². The first kappa shape index (κ1) is 12.9. The summed E-state index contributed by atoms with van der Waals surface area (Å²) in [6.45, 7) is 4.16. The van der Waals surface area contributed by atoms with Crippen molar-refractivity contribution in [2.45, 2.75) is 13.8 Å². The number of nitrogens with one attached hydrogen (secondary N) is 1. The molecule has 0 unspecified atom stereocenters. The topological polar surface area (TPSA) is 41.8 Å². The maximum Gasteiger partial charge on any atom is 0.113 e. The van der Waals surface area contributed by atoms with Gasteiger partial charge in [0.25, 0.3) is 0 Å². The van der Waals surface area contributed by atoms with Crippen molar-refractivity contribution in [2.75, 3.05) is 0 Å². The summed E-state index contributed by atoms with van der Waals surface area (Å²) in [5, 5.41) is 0. The third kappa shape index (κ3) is 2.49. The van der Waals surface area contributed by atoms with Crippen molar-refractivity contribution in [1.29, 1.82) is 0 Å². The zero-order valence-corrected chi connectivity index (χ0v) is 11.9. The average Bonchev–Trinajstić information content (AvgIpc) is 2.28. The van der Waals surface area contributed by atoms with E-state index >= 15 is 0 Å². The van der Waals surface area contributed by atoms with E-state index in [0.29, 0.717) is 15.2 Å². The van der Waals surface area contributed by atoms with E-state index in [0.717, 1.165) is 11.3 Å². The highest BCUT2D eigenvalue weighted by atomic mass is 32.1. The summed E-state index contributed by atoms with van der Waals surface area (Å²) in [5.74, 6) is 0. The van der Waals surface area contributed by atoms with Gasteiger partial charge in [0, 0.05) is 16.8 Å². The Hall–Kier alpha value is -1.52. The highest BCUT2D eigenvalue weighted by molar-refractivity contribution is 7.80. The third-order valence-electron chi connectivity index (χ3n) is 2.85. The number of aromatic amines is 1. The molecule has 0 atom stereocenters. The standard InChI is InChI=1S/C14H14N2S2/c1-8-3-4-10(9(2)7-8)12-6-5-11(13(15)17)14(18)16-12/h3-7H,1-2H3,(H2,15,17)(H,16,18). The Bertz CT molecular complexity index is 672. The summed E-state index contributed by atoms with van der Waals surface area (Å²) in [4.78, 5) is 3.50. The number of aromatic nitrogens is 1. The molecule has 0 amide bonds. The average molecular weight is 274 g/mol. The first-order valence-electron chi connectivity index (χ1n) is 5.60. The van der Waals surface area contributed by atoms with Gasteiger partial charge in [-0.3, -0.25) is 0 Å². The Morgan fingerprint density at radius 2 is 1.89 bits per heavy atom. The molecule has 2 rings (SSSR count). The molecule has 0 aliphatic heterocycles. The number of pyridine rings is 1. The van der Waals surface area contributed by atoms with Gasteiger partial charge in [-0.15, -0.1) is 0 Å². The molecule has 1 heterocycles. The van der Waals surface area contributed by atoms with Gasteiger partial charge in [0.05, 0.1) is 0 Å². The van der Waals surface area contributed by atoms with Crippen LogP contribution in [0.25, 0.3) is 11.3 Å². The van der Waals surface area contributed by atoms with Gasteiger partial charge in [0.1, 0.15) is 9.63 Å². The van der Waals surface area contributed by atoms with Gasteiger partial charge in [-0.1, -0.05) is 48.2 Å². The molecule has 0 saturated heterocycles. The van der Waals surface area contributed by atoms with Crippen molar-refractivity contribution >= 4 is 29.4 Å². The van der Waals surface area contributed by atoms with Crippen LogP contribution in [-0.2, 0) is 0 Å². The lowest BCUT2D eigenvalue weighted by Gasteiger charge is -2.08.